The van der Waals surface area contributed by atoms with Crippen LogP contribution in [0.3, 0.4) is 0 Å². The highest BCUT2D eigenvalue weighted by molar-refractivity contribution is 7.10. The second kappa shape index (κ2) is 9.39. The summed E-state index contributed by atoms with van der Waals surface area (Å²) in [5.41, 5.74) is -0.921. The Bertz CT molecular complexity index is 495. The Kier molecular flexibility index (Phi) is 7.52. The summed E-state index contributed by atoms with van der Waals surface area (Å²) in [4.78, 5) is 8.12. The molecule has 1 aromatic heterocycles. The molecule has 24 heavy (non-hydrogen) atoms. The molecule has 1 aliphatic rings. The number of nitrogens with one attached hydrogen (secondary N) is 2. The first-order chi connectivity index (χ1) is 11.6. The highest BCUT2D eigenvalue weighted by atomic mass is 32.1. The van der Waals surface area contributed by atoms with E-state index in [0.29, 0.717) is 12.6 Å². The summed E-state index contributed by atoms with van der Waals surface area (Å²) in [5.74, 6) is 0.784. The van der Waals surface area contributed by atoms with Crippen LogP contribution >= 0.6 is 11.3 Å². The molecule has 6 heteroatoms. The van der Waals surface area contributed by atoms with Crippen molar-refractivity contribution < 1.29 is 5.11 Å². The molecule has 1 aromatic rings. The van der Waals surface area contributed by atoms with Gasteiger partial charge in [0.05, 0.1) is 6.54 Å². The van der Waals surface area contributed by atoms with Crippen molar-refractivity contribution in [3.8, 4) is 0 Å². The van der Waals surface area contributed by atoms with Gasteiger partial charge in [-0.05, 0) is 57.6 Å². The van der Waals surface area contributed by atoms with E-state index in [1.807, 2.05) is 24.4 Å². The van der Waals surface area contributed by atoms with Crippen molar-refractivity contribution in [3.05, 3.63) is 22.4 Å². The van der Waals surface area contributed by atoms with Crippen LogP contribution < -0.4 is 10.6 Å². The predicted octanol–water partition coefficient (Wildman–Crippen LogP) is 2.39. The standard InChI is InChI=1S/C18H32N4OS/c1-4-15(22-10-6-7-11-22)13-20-17(19-5-2)21-14-18(3,23)16-9-8-12-24-16/h8-9,12,15,23H,4-7,10-11,13-14H2,1-3H3,(H2,19,20,21). The number of hydrogen-bond donors (Lipinski definition) is 3. The zero-order valence-electron chi connectivity index (χ0n) is 15.2. The van der Waals surface area contributed by atoms with Gasteiger partial charge in [-0.25, -0.2) is 4.99 Å². The summed E-state index contributed by atoms with van der Waals surface area (Å²) in [6, 6.07) is 4.47. The number of guanidine groups is 1. The lowest BCUT2D eigenvalue weighted by atomic mass is 10.1. The van der Waals surface area contributed by atoms with Crippen LogP contribution in [-0.4, -0.2) is 54.7 Å². The predicted molar refractivity (Wildman–Crippen MR) is 103 cm³/mol. The van der Waals surface area contributed by atoms with E-state index in [1.54, 1.807) is 11.3 Å². The van der Waals surface area contributed by atoms with Crippen LogP contribution in [0.25, 0.3) is 0 Å². The van der Waals surface area contributed by atoms with Crippen LogP contribution in [0.2, 0.25) is 0 Å². The number of hydrogen-bond acceptors (Lipinski definition) is 4. The monoisotopic (exact) mass is 352 g/mol. The van der Waals surface area contributed by atoms with E-state index in [2.05, 4.69) is 34.4 Å². The molecule has 1 saturated heterocycles. The van der Waals surface area contributed by atoms with Gasteiger partial charge in [0.25, 0.3) is 0 Å². The topological polar surface area (TPSA) is 59.9 Å². The molecule has 2 atom stereocenters. The van der Waals surface area contributed by atoms with E-state index >= 15 is 0 Å². The van der Waals surface area contributed by atoms with Crippen molar-refractivity contribution in [1.82, 2.24) is 15.5 Å². The first-order valence-corrected chi connectivity index (χ1v) is 9.97. The lowest BCUT2D eigenvalue weighted by molar-refractivity contribution is 0.0711. The number of likely N-dealkylation sites (tertiary alicyclic amines) is 1. The normalized spacial score (nSPS) is 19.9. The molecular weight excluding hydrogens is 320 g/mol. The molecule has 0 aliphatic carbocycles. The summed E-state index contributed by atoms with van der Waals surface area (Å²) < 4.78 is 0. The second-order valence-electron chi connectivity index (χ2n) is 6.63. The van der Waals surface area contributed by atoms with Crippen molar-refractivity contribution in [3.63, 3.8) is 0 Å². The van der Waals surface area contributed by atoms with Crippen LogP contribution in [-0.2, 0) is 5.60 Å². The molecule has 136 valence electrons. The third-order valence-electron chi connectivity index (χ3n) is 4.57. The summed E-state index contributed by atoms with van der Waals surface area (Å²) in [5, 5.41) is 19.4. The molecule has 0 spiro atoms. The van der Waals surface area contributed by atoms with Crippen LogP contribution in [0.15, 0.2) is 22.5 Å². The number of nitrogens with zero attached hydrogens (tertiary/aromatic N) is 2. The molecule has 1 fully saturated rings. The van der Waals surface area contributed by atoms with Gasteiger partial charge in [0.2, 0.25) is 0 Å². The molecule has 5 nitrogen and oxygen atoms in total. The molecule has 0 saturated carbocycles. The van der Waals surface area contributed by atoms with Gasteiger partial charge in [-0.3, -0.25) is 4.90 Å². The Hall–Kier alpha value is -1.11. The number of aliphatic imine (C=N–C) groups is 1. The second-order valence-corrected chi connectivity index (χ2v) is 7.58. The van der Waals surface area contributed by atoms with Gasteiger partial charge >= 0.3 is 0 Å². The Morgan fingerprint density at radius 3 is 2.71 bits per heavy atom. The minimum absolute atomic E-state index is 0.351. The molecule has 0 aromatic carbocycles. The minimum atomic E-state index is -0.921. The SMILES string of the molecule is CCNC(=NCC(C)(O)c1cccs1)NCC(CC)N1CCCC1. The van der Waals surface area contributed by atoms with Crippen LogP contribution in [0.5, 0.6) is 0 Å². The highest BCUT2D eigenvalue weighted by Crippen LogP contribution is 2.25. The fourth-order valence-corrected chi connectivity index (χ4v) is 3.87. The molecule has 0 amide bonds. The average Bonchev–Trinajstić information content (AvgIpc) is 3.26. The van der Waals surface area contributed by atoms with Crippen LogP contribution in [0.1, 0.15) is 44.9 Å². The molecule has 2 unspecified atom stereocenters. The summed E-state index contributed by atoms with van der Waals surface area (Å²) in [7, 11) is 0. The van der Waals surface area contributed by atoms with Crippen molar-refractivity contribution in [2.75, 3.05) is 32.7 Å². The molecule has 1 aliphatic heterocycles. The van der Waals surface area contributed by atoms with Crippen molar-refractivity contribution in [2.24, 2.45) is 4.99 Å². The molecule has 0 bridgehead atoms. The zero-order chi connectivity index (χ0) is 17.4. The van der Waals surface area contributed by atoms with Gasteiger partial charge in [-0.15, -0.1) is 11.3 Å². The third-order valence-corrected chi connectivity index (χ3v) is 5.70. The lowest BCUT2D eigenvalue weighted by Crippen LogP contribution is -2.46. The number of rotatable bonds is 8. The Morgan fingerprint density at radius 2 is 2.12 bits per heavy atom. The van der Waals surface area contributed by atoms with Crippen molar-refractivity contribution in [1.29, 1.82) is 0 Å². The van der Waals surface area contributed by atoms with Crippen molar-refractivity contribution >= 4 is 17.3 Å². The van der Waals surface area contributed by atoms with E-state index in [0.717, 1.165) is 30.3 Å². The molecule has 2 rings (SSSR count). The average molecular weight is 353 g/mol. The quantitative estimate of drug-likeness (QED) is 0.497. The van der Waals surface area contributed by atoms with Crippen LogP contribution in [0.4, 0.5) is 0 Å². The van der Waals surface area contributed by atoms with Gasteiger partial charge in [0.1, 0.15) is 5.60 Å². The fourth-order valence-electron chi connectivity index (χ4n) is 3.09. The minimum Gasteiger partial charge on any atom is -0.383 e. The van der Waals surface area contributed by atoms with E-state index in [1.165, 1.54) is 25.9 Å². The Balaban J connectivity index is 1.92. The highest BCUT2D eigenvalue weighted by Gasteiger charge is 2.24. The van der Waals surface area contributed by atoms with E-state index in [4.69, 9.17) is 0 Å². The van der Waals surface area contributed by atoms with E-state index in [9.17, 15) is 5.11 Å². The maximum Gasteiger partial charge on any atom is 0.191 e. The summed E-state index contributed by atoms with van der Waals surface area (Å²) >= 11 is 1.57. The summed E-state index contributed by atoms with van der Waals surface area (Å²) in [6.07, 6.45) is 3.77. The third kappa shape index (κ3) is 5.46. The molecule has 3 N–H and O–H groups in total. The first-order valence-electron chi connectivity index (χ1n) is 9.09. The summed E-state index contributed by atoms with van der Waals surface area (Å²) in [6.45, 7) is 10.6. The Morgan fingerprint density at radius 1 is 1.38 bits per heavy atom. The maximum absolute atomic E-state index is 10.6. The first kappa shape index (κ1) is 19.2. The Labute approximate surface area is 150 Å². The molecular formula is C18H32N4OS. The fraction of sp³-hybridized carbons (Fsp3) is 0.722. The number of thiophene rings is 1. The van der Waals surface area contributed by atoms with Crippen molar-refractivity contribution in [2.45, 2.75) is 51.7 Å². The van der Waals surface area contributed by atoms with E-state index in [-0.39, 0.29) is 0 Å². The largest absolute Gasteiger partial charge is 0.383 e. The number of aliphatic hydroxyl groups is 1. The maximum atomic E-state index is 10.6. The van der Waals surface area contributed by atoms with E-state index < -0.39 is 5.60 Å². The van der Waals surface area contributed by atoms with Gasteiger partial charge < -0.3 is 15.7 Å². The zero-order valence-corrected chi connectivity index (χ0v) is 16.0. The van der Waals surface area contributed by atoms with Crippen LogP contribution in [0, 0.1) is 0 Å². The molecule has 2 heterocycles. The van der Waals surface area contributed by atoms with Gasteiger partial charge in [-0.2, -0.15) is 0 Å². The van der Waals surface area contributed by atoms with Gasteiger partial charge in [0, 0.05) is 24.0 Å². The van der Waals surface area contributed by atoms with Gasteiger partial charge in [0.15, 0.2) is 5.96 Å². The smallest absolute Gasteiger partial charge is 0.191 e. The lowest BCUT2D eigenvalue weighted by Gasteiger charge is -2.27. The molecule has 0 radical (unpaired) electrons. The van der Waals surface area contributed by atoms with Gasteiger partial charge in [-0.1, -0.05) is 13.0 Å².